The maximum atomic E-state index is 2.37. The predicted molar refractivity (Wildman–Crippen MR) is 76.3 cm³/mol. The van der Waals surface area contributed by atoms with Crippen molar-refractivity contribution in [1.82, 2.24) is 0 Å². The van der Waals surface area contributed by atoms with E-state index in [1.54, 1.807) is 0 Å². The first-order valence-electron chi connectivity index (χ1n) is 6.47. The van der Waals surface area contributed by atoms with Gasteiger partial charge in [-0.3, -0.25) is 0 Å². The molecule has 0 nitrogen and oxygen atoms in total. The van der Waals surface area contributed by atoms with Crippen LogP contribution in [-0.2, 0) is 6.42 Å². The molecule has 0 heteroatoms. The predicted octanol–water partition coefficient (Wildman–Crippen LogP) is 4.44. The molecule has 0 amide bonds. The lowest BCUT2D eigenvalue weighted by Gasteiger charge is -2.12. The number of benzene rings is 2. The SMILES string of the molecule is C1=CC(C2=Cc3ccccc3C2)c2ccccc21. The Morgan fingerprint density at radius 3 is 2.50 bits per heavy atom. The summed E-state index contributed by atoms with van der Waals surface area (Å²) in [5, 5.41) is 0. The second kappa shape index (κ2) is 3.71. The molecule has 18 heavy (non-hydrogen) atoms. The summed E-state index contributed by atoms with van der Waals surface area (Å²) < 4.78 is 0. The highest BCUT2D eigenvalue weighted by Crippen LogP contribution is 2.40. The topological polar surface area (TPSA) is 0 Å². The lowest BCUT2D eigenvalue weighted by atomic mass is 9.92. The Kier molecular flexibility index (Phi) is 2.04. The molecule has 1 unspecified atom stereocenters. The Hall–Kier alpha value is -2.08. The van der Waals surface area contributed by atoms with E-state index in [0.717, 1.165) is 6.42 Å². The number of fused-ring (bicyclic) bond motifs is 2. The van der Waals surface area contributed by atoms with Gasteiger partial charge in [-0.25, -0.2) is 0 Å². The van der Waals surface area contributed by atoms with Gasteiger partial charge in [0.2, 0.25) is 0 Å². The van der Waals surface area contributed by atoms with Crippen LogP contribution in [0.25, 0.3) is 12.2 Å². The fraction of sp³-hybridized carbons (Fsp3) is 0.111. The molecular weight excluding hydrogens is 216 g/mol. The van der Waals surface area contributed by atoms with Crippen LogP contribution in [0.3, 0.4) is 0 Å². The summed E-state index contributed by atoms with van der Waals surface area (Å²) in [6.07, 6.45) is 8.05. The van der Waals surface area contributed by atoms with Crippen LogP contribution >= 0.6 is 0 Å². The molecule has 0 aliphatic heterocycles. The smallest absolute Gasteiger partial charge is 0.0244 e. The summed E-state index contributed by atoms with van der Waals surface area (Å²) in [5.41, 5.74) is 7.21. The van der Waals surface area contributed by atoms with Crippen molar-refractivity contribution >= 4 is 12.2 Å². The van der Waals surface area contributed by atoms with E-state index in [-0.39, 0.29) is 0 Å². The Bertz CT molecular complexity index is 674. The fourth-order valence-electron chi connectivity index (χ4n) is 3.08. The van der Waals surface area contributed by atoms with E-state index >= 15 is 0 Å². The molecule has 0 radical (unpaired) electrons. The molecule has 2 aromatic rings. The highest BCUT2D eigenvalue weighted by molar-refractivity contribution is 5.71. The third kappa shape index (κ3) is 1.39. The first kappa shape index (κ1) is 9.90. The van der Waals surface area contributed by atoms with Crippen LogP contribution in [0.2, 0.25) is 0 Å². The summed E-state index contributed by atoms with van der Waals surface area (Å²) in [4.78, 5) is 0. The average Bonchev–Trinajstić information content (AvgIpc) is 3.02. The molecule has 0 bridgehead atoms. The summed E-state index contributed by atoms with van der Waals surface area (Å²) >= 11 is 0. The van der Waals surface area contributed by atoms with E-state index in [1.807, 2.05) is 0 Å². The Morgan fingerprint density at radius 1 is 0.833 bits per heavy atom. The molecule has 86 valence electrons. The monoisotopic (exact) mass is 230 g/mol. The number of allylic oxidation sites excluding steroid dienone is 2. The van der Waals surface area contributed by atoms with E-state index in [4.69, 9.17) is 0 Å². The molecule has 0 spiro atoms. The zero-order valence-corrected chi connectivity index (χ0v) is 10.1. The summed E-state index contributed by atoms with van der Waals surface area (Å²) in [5.74, 6) is 0.480. The van der Waals surface area contributed by atoms with Crippen LogP contribution < -0.4 is 0 Å². The molecule has 2 aromatic carbocycles. The summed E-state index contributed by atoms with van der Waals surface area (Å²) in [6.45, 7) is 0. The molecule has 2 aliphatic rings. The molecule has 0 fully saturated rings. The van der Waals surface area contributed by atoms with Crippen molar-refractivity contribution in [3.05, 3.63) is 82.4 Å². The molecule has 0 aromatic heterocycles. The van der Waals surface area contributed by atoms with Crippen LogP contribution in [0.4, 0.5) is 0 Å². The van der Waals surface area contributed by atoms with E-state index in [9.17, 15) is 0 Å². The van der Waals surface area contributed by atoms with Gasteiger partial charge in [0.1, 0.15) is 0 Å². The number of hydrogen-bond acceptors (Lipinski definition) is 0. The third-order valence-corrected chi connectivity index (χ3v) is 3.99. The van der Waals surface area contributed by atoms with E-state index in [0.29, 0.717) is 5.92 Å². The van der Waals surface area contributed by atoms with Crippen LogP contribution in [0.1, 0.15) is 28.2 Å². The fourth-order valence-corrected chi connectivity index (χ4v) is 3.08. The Labute approximate surface area is 107 Å². The zero-order valence-electron chi connectivity index (χ0n) is 10.1. The largest absolute Gasteiger partial charge is 0.0723 e. The molecule has 0 saturated heterocycles. The van der Waals surface area contributed by atoms with Crippen LogP contribution in [-0.4, -0.2) is 0 Å². The van der Waals surface area contributed by atoms with E-state index in [1.165, 1.54) is 27.8 Å². The Balaban J connectivity index is 1.75. The van der Waals surface area contributed by atoms with Crippen LogP contribution in [0.5, 0.6) is 0 Å². The van der Waals surface area contributed by atoms with Gasteiger partial charge in [-0.05, 0) is 28.7 Å². The first-order valence-corrected chi connectivity index (χ1v) is 6.47. The minimum Gasteiger partial charge on any atom is -0.0723 e. The van der Waals surface area contributed by atoms with Crippen LogP contribution in [0, 0.1) is 0 Å². The van der Waals surface area contributed by atoms with Gasteiger partial charge >= 0.3 is 0 Å². The molecule has 0 saturated carbocycles. The second-order valence-electron chi connectivity index (χ2n) is 5.06. The molecule has 0 N–H and O–H groups in total. The van der Waals surface area contributed by atoms with Crippen molar-refractivity contribution in [3.8, 4) is 0 Å². The number of hydrogen-bond donors (Lipinski definition) is 0. The Morgan fingerprint density at radius 2 is 1.61 bits per heavy atom. The maximum absolute atomic E-state index is 2.37. The van der Waals surface area contributed by atoms with Crippen molar-refractivity contribution in [2.45, 2.75) is 12.3 Å². The quantitative estimate of drug-likeness (QED) is 0.679. The second-order valence-corrected chi connectivity index (χ2v) is 5.06. The lowest BCUT2D eigenvalue weighted by Crippen LogP contribution is -1.97. The molecular formula is C18H14. The highest BCUT2D eigenvalue weighted by atomic mass is 14.3. The van der Waals surface area contributed by atoms with Gasteiger partial charge in [0.25, 0.3) is 0 Å². The standard InChI is InChI=1S/C18H14/c1-2-7-15-12-16(11-14(15)6-1)18-10-9-13-5-3-4-8-17(13)18/h1-11,18H,12H2. The van der Waals surface area contributed by atoms with Gasteiger partial charge in [-0.15, -0.1) is 0 Å². The van der Waals surface area contributed by atoms with E-state index < -0.39 is 0 Å². The van der Waals surface area contributed by atoms with Crippen molar-refractivity contribution in [2.24, 2.45) is 0 Å². The first-order chi connectivity index (χ1) is 8.92. The average molecular weight is 230 g/mol. The third-order valence-electron chi connectivity index (χ3n) is 3.99. The van der Waals surface area contributed by atoms with Crippen LogP contribution in [0.15, 0.2) is 60.2 Å². The summed E-state index contributed by atoms with van der Waals surface area (Å²) in [7, 11) is 0. The lowest BCUT2D eigenvalue weighted by molar-refractivity contribution is 0.970. The van der Waals surface area contributed by atoms with Crippen molar-refractivity contribution in [2.75, 3.05) is 0 Å². The van der Waals surface area contributed by atoms with Crippen molar-refractivity contribution in [3.63, 3.8) is 0 Å². The van der Waals surface area contributed by atoms with E-state index in [2.05, 4.69) is 66.8 Å². The normalized spacial score (nSPS) is 19.6. The van der Waals surface area contributed by atoms with Gasteiger partial charge in [-0.1, -0.05) is 72.3 Å². The van der Waals surface area contributed by atoms with Crippen molar-refractivity contribution < 1.29 is 0 Å². The number of rotatable bonds is 1. The minimum atomic E-state index is 0.480. The molecule has 1 atom stereocenters. The maximum Gasteiger partial charge on any atom is 0.0244 e. The molecule has 4 rings (SSSR count). The minimum absolute atomic E-state index is 0.480. The van der Waals surface area contributed by atoms with Gasteiger partial charge in [0, 0.05) is 5.92 Å². The van der Waals surface area contributed by atoms with Gasteiger partial charge < -0.3 is 0 Å². The highest BCUT2D eigenvalue weighted by Gasteiger charge is 2.24. The zero-order chi connectivity index (χ0) is 11.9. The van der Waals surface area contributed by atoms with Gasteiger partial charge in [-0.2, -0.15) is 0 Å². The molecule has 0 heterocycles. The summed E-state index contributed by atoms with van der Waals surface area (Å²) in [6, 6.07) is 17.4. The van der Waals surface area contributed by atoms with Gasteiger partial charge in [0.05, 0.1) is 0 Å². The molecule has 2 aliphatic carbocycles. The van der Waals surface area contributed by atoms with Crippen molar-refractivity contribution in [1.29, 1.82) is 0 Å². The van der Waals surface area contributed by atoms with Gasteiger partial charge in [0.15, 0.2) is 0 Å².